The van der Waals surface area contributed by atoms with Crippen molar-refractivity contribution < 1.29 is 24.0 Å². The quantitative estimate of drug-likeness (QED) is 0.338. The van der Waals surface area contributed by atoms with Crippen molar-refractivity contribution in [3.63, 3.8) is 0 Å². The van der Waals surface area contributed by atoms with Gasteiger partial charge in [0.2, 0.25) is 0 Å². The SMILES string of the molecule is CCOC(=O)c1ccc(N2CCN(C(=O)c3cccc(O[C@H](C)CC)c3)CC2)c([N+](=O)[O-])c1. The van der Waals surface area contributed by atoms with E-state index in [0.29, 0.717) is 43.2 Å². The molecule has 176 valence electrons. The number of benzene rings is 2. The fourth-order valence-electron chi connectivity index (χ4n) is 3.63. The van der Waals surface area contributed by atoms with Gasteiger partial charge in [0.1, 0.15) is 11.4 Å². The second kappa shape index (κ2) is 10.8. The Hall–Kier alpha value is -3.62. The van der Waals surface area contributed by atoms with Gasteiger partial charge in [-0.3, -0.25) is 14.9 Å². The van der Waals surface area contributed by atoms with Crippen molar-refractivity contribution in [1.29, 1.82) is 0 Å². The van der Waals surface area contributed by atoms with Crippen LogP contribution in [0.15, 0.2) is 42.5 Å². The lowest BCUT2D eigenvalue weighted by Crippen LogP contribution is -2.49. The van der Waals surface area contributed by atoms with Crippen molar-refractivity contribution in [3.05, 3.63) is 63.7 Å². The number of esters is 1. The van der Waals surface area contributed by atoms with Crippen molar-refractivity contribution in [2.24, 2.45) is 0 Å². The molecule has 3 rings (SSSR count). The Bertz CT molecular complexity index is 1020. The van der Waals surface area contributed by atoms with E-state index in [0.717, 1.165) is 6.42 Å². The maximum atomic E-state index is 13.0. The summed E-state index contributed by atoms with van der Waals surface area (Å²) in [4.78, 5) is 39.7. The van der Waals surface area contributed by atoms with Gasteiger partial charge in [0, 0.05) is 37.8 Å². The molecule has 9 nitrogen and oxygen atoms in total. The van der Waals surface area contributed by atoms with Crippen molar-refractivity contribution >= 4 is 23.3 Å². The van der Waals surface area contributed by atoms with Crippen LogP contribution in [0.3, 0.4) is 0 Å². The van der Waals surface area contributed by atoms with Gasteiger partial charge < -0.3 is 19.3 Å². The first-order valence-electron chi connectivity index (χ1n) is 11.1. The lowest BCUT2D eigenvalue weighted by molar-refractivity contribution is -0.384. The molecule has 0 unspecified atom stereocenters. The Morgan fingerprint density at radius 2 is 1.79 bits per heavy atom. The minimum atomic E-state index is -0.595. The van der Waals surface area contributed by atoms with Gasteiger partial charge >= 0.3 is 5.97 Å². The van der Waals surface area contributed by atoms with Gasteiger partial charge in [-0.2, -0.15) is 0 Å². The van der Waals surface area contributed by atoms with E-state index in [2.05, 4.69) is 0 Å². The summed E-state index contributed by atoms with van der Waals surface area (Å²) in [6.45, 7) is 7.61. The van der Waals surface area contributed by atoms with Crippen LogP contribution in [0.5, 0.6) is 5.75 Å². The van der Waals surface area contributed by atoms with Crippen LogP contribution in [0, 0.1) is 10.1 Å². The Kier molecular flexibility index (Phi) is 7.87. The van der Waals surface area contributed by atoms with Gasteiger partial charge in [-0.1, -0.05) is 13.0 Å². The molecule has 2 aromatic rings. The lowest BCUT2D eigenvalue weighted by atomic mass is 10.1. The third kappa shape index (κ3) is 5.79. The molecular formula is C24H29N3O6. The van der Waals surface area contributed by atoms with Crippen LogP contribution in [0.2, 0.25) is 0 Å². The molecule has 0 radical (unpaired) electrons. The van der Waals surface area contributed by atoms with Gasteiger partial charge in [0.05, 0.1) is 23.2 Å². The van der Waals surface area contributed by atoms with Crippen LogP contribution in [0.1, 0.15) is 47.9 Å². The van der Waals surface area contributed by atoms with Gasteiger partial charge in [0.15, 0.2) is 0 Å². The van der Waals surface area contributed by atoms with Crippen LogP contribution in [-0.4, -0.2) is 60.6 Å². The van der Waals surface area contributed by atoms with E-state index >= 15 is 0 Å². The summed E-state index contributed by atoms with van der Waals surface area (Å²) in [6, 6.07) is 11.5. The maximum Gasteiger partial charge on any atom is 0.338 e. The number of nitrogens with zero attached hydrogens (tertiary/aromatic N) is 3. The number of hydrogen-bond donors (Lipinski definition) is 0. The highest BCUT2D eigenvalue weighted by Crippen LogP contribution is 2.30. The van der Waals surface area contributed by atoms with E-state index in [9.17, 15) is 19.7 Å². The molecule has 0 aromatic heterocycles. The zero-order chi connectivity index (χ0) is 24.0. The van der Waals surface area contributed by atoms with E-state index in [1.807, 2.05) is 24.8 Å². The number of nitro groups is 1. The van der Waals surface area contributed by atoms with Crippen LogP contribution < -0.4 is 9.64 Å². The molecule has 33 heavy (non-hydrogen) atoms. The van der Waals surface area contributed by atoms with Crippen LogP contribution in [0.4, 0.5) is 11.4 Å². The second-order valence-corrected chi connectivity index (χ2v) is 7.82. The molecule has 0 saturated carbocycles. The molecule has 0 bridgehead atoms. The predicted molar refractivity (Wildman–Crippen MR) is 124 cm³/mol. The van der Waals surface area contributed by atoms with E-state index in [1.165, 1.54) is 12.1 Å². The van der Waals surface area contributed by atoms with E-state index in [-0.39, 0.29) is 29.9 Å². The largest absolute Gasteiger partial charge is 0.491 e. The zero-order valence-corrected chi connectivity index (χ0v) is 19.2. The fraction of sp³-hybridized carbons (Fsp3) is 0.417. The molecule has 0 aliphatic carbocycles. The molecule has 1 heterocycles. The lowest BCUT2D eigenvalue weighted by Gasteiger charge is -2.36. The zero-order valence-electron chi connectivity index (χ0n) is 19.2. The van der Waals surface area contributed by atoms with Gasteiger partial charge in [0.25, 0.3) is 11.6 Å². The summed E-state index contributed by atoms with van der Waals surface area (Å²) < 4.78 is 10.8. The number of ether oxygens (including phenoxy) is 2. The predicted octanol–water partition coefficient (Wildman–Crippen LogP) is 3.91. The van der Waals surface area contributed by atoms with Gasteiger partial charge in [-0.05, 0) is 50.6 Å². The molecule has 2 aromatic carbocycles. The average molecular weight is 456 g/mol. The number of amides is 1. The van der Waals surface area contributed by atoms with Gasteiger partial charge in [-0.25, -0.2) is 4.79 Å². The Morgan fingerprint density at radius 3 is 2.42 bits per heavy atom. The van der Waals surface area contributed by atoms with E-state index < -0.39 is 10.9 Å². The molecule has 0 N–H and O–H groups in total. The minimum absolute atomic E-state index is 0.0601. The summed E-state index contributed by atoms with van der Waals surface area (Å²) in [5.74, 6) is -0.0373. The van der Waals surface area contributed by atoms with E-state index in [4.69, 9.17) is 9.47 Å². The molecule has 1 aliphatic rings. The highest BCUT2D eigenvalue weighted by atomic mass is 16.6. The Balaban J connectivity index is 1.69. The van der Waals surface area contributed by atoms with Gasteiger partial charge in [-0.15, -0.1) is 0 Å². The Morgan fingerprint density at radius 1 is 1.06 bits per heavy atom. The highest BCUT2D eigenvalue weighted by molar-refractivity contribution is 5.95. The van der Waals surface area contributed by atoms with Crippen molar-refractivity contribution in [2.75, 3.05) is 37.7 Å². The summed E-state index contributed by atoms with van der Waals surface area (Å²) in [7, 11) is 0. The fourth-order valence-corrected chi connectivity index (χ4v) is 3.63. The van der Waals surface area contributed by atoms with Crippen molar-refractivity contribution in [2.45, 2.75) is 33.3 Å². The molecule has 1 atom stereocenters. The summed E-state index contributed by atoms with van der Waals surface area (Å²) in [5.41, 5.74) is 0.953. The Labute approximate surface area is 193 Å². The summed E-state index contributed by atoms with van der Waals surface area (Å²) >= 11 is 0. The first-order chi connectivity index (χ1) is 15.8. The first kappa shape index (κ1) is 24.0. The number of hydrogen-bond acceptors (Lipinski definition) is 7. The van der Waals surface area contributed by atoms with E-state index in [1.54, 1.807) is 36.1 Å². The average Bonchev–Trinajstić information content (AvgIpc) is 2.83. The molecular weight excluding hydrogens is 426 g/mol. The third-order valence-corrected chi connectivity index (χ3v) is 5.58. The second-order valence-electron chi connectivity index (χ2n) is 7.82. The van der Waals surface area contributed by atoms with Crippen LogP contribution >= 0.6 is 0 Å². The topological polar surface area (TPSA) is 102 Å². The maximum absolute atomic E-state index is 13.0. The number of anilines is 1. The van der Waals surface area contributed by atoms with Crippen LogP contribution in [-0.2, 0) is 4.74 Å². The van der Waals surface area contributed by atoms with Crippen molar-refractivity contribution in [1.82, 2.24) is 4.90 Å². The molecule has 1 fully saturated rings. The van der Waals surface area contributed by atoms with Crippen molar-refractivity contribution in [3.8, 4) is 5.75 Å². The summed E-state index contributed by atoms with van der Waals surface area (Å²) in [5, 5.41) is 11.6. The normalized spacial score (nSPS) is 14.5. The molecule has 1 aliphatic heterocycles. The number of piperazine rings is 1. The first-order valence-corrected chi connectivity index (χ1v) is 11.1. The molecule has 1 saturated heterocycles. The molecule has 0 spiro atoms. The monoisotopic (exact) mass is 455 g/mol. The standard InChI is InChI=1S/C24H29N3O6/c1-4-17(3)33-20-8-6-7-18(15-20)23(28)26-13-11-25(12-14-26)21-10-9-19(24(29)32-5-2)16-22(21)27(30)31/h6-10,15-17H,4-5,11-14H2,1-3H3/t17-/m1/s1. The smallest absolute Gasteiger partial charge is 0.338 e. The number of rotatable bonds is 8. The molecule has 1 amide bonds. The minimum Gasteiger partial charge on any atom is -0.491 e. The number of carbonyl (C=O) groups is 2. The van der Waals surface area contributed by atoms with Crippen LogP contribution in [0.25, 0.3) is 0 Å². The highest BCUT2D eigenvalue weighted by Gasteiger charge is 2.27. The number of nitro benzene ring substituents is 1. The number of carbonyl (C=O) groups excluding carboxylic acids is 2. The third-order valence-electron chi connectivity index (χ3n) is 5.58. The molecule has 9 heteroatoms. The summed E-state index contributed by atoms with van der Waals surface area (Å²) in [6.07, 6.45) is 0.928.